The normalized spacial score (nSPS) is 25.0. The van der Waals surface area contributed by atoms with Crippen molar-refractivity contribution in [1.29, 1.82) is 0 Å². The minimum absolute atomic E-state index is 0.198. The number of ether oxygens (including phenoxy) is 6. The minimum Gasteiger partial charge on any atom is -0.467 e. The van der Waals surface area contributed by atoms with Gasteiger partial charge in [0.2, 0.25) is 12.4 Å². The van der Waals surface area contributed by atoms with E-state index in [2.05, 4.69) is 0 Å². The van der Waals surface area contributed by atoms with E-state index in [1.807, 2.05) is 0 Å². The molecule has 168 valence electrons. The van der Waals surface area contributed by atoms with Crippen molar-refractivity contribution in [3.05, 3.63) is 29.8 Å². The standard InChI is InChI=1S/C20H22O11/c1-10(22)27-15-16(28-11(2)23)18(29-12(3)24)20(31-17(15)19(25)26-4)30-14-7-5-13(9-21)6-8-14/h5-9,15-18,20H,1-4H3/t15-,16-,17-,18+,20+/m0/s1. The Bertz CT molecular complexity index is 832. The van der Waals surface area contributed by atoms with Crippen LogP contribution in [0.3, 0.4) is 0 Å². The average molecular weight is 438 g/mol. The Labute approximate surface area is 177 Å². The third kappa shape index (κ3) is 6.25. The van der Waals surface area contributed by atoms with Gasteiger partial charge in [0.15, 0.2) is 18.3 Å². The lowest BCUT2D eigenvalue weighted by atomic mass is 9.97. The molecular formula is C20H22O11. The van der Waals surface area contributed by atoms with Crippen molar-refractivity contribution in [3.8, 4) is 5.75 Å². The summed E-state index contributed by atoms with van der Waals surface area (Å²) in [5.41, 5.74) is 0.383. The SMILES string of the molecule is COC(=O)[C@H]1O[C@@H](Oc2ccc(C=O)cc2)[C@H](OC(C)=O)[C@@H](OC(C)=O)[C@@H]1OC(C)=O. The molecule has 0 spiro atoms. The van der Waals surface area contributed by atoms with Gasteiger partial charge in [-0.2, -0.15) is 0 Å². The summed E-state index contributed by atoms with van der Waals surface area (Å²) in [7, 11) is 1.09. The molecule has 1 heterocycles. The van der Waals surface area contributed by atoms with Crippen LogP contribution in [0, 0.1) is 0 Å². The number of esters is 4. The number of carbonyl (C=O) groups is 5. The molecule has 1 saturated heterocycles. The van der Waals surface area contributed by atoms with Crippen LogP contribution in [0.4, 0.5) is 0 Å². The molecule has 1 fully saturated rings. The van der Waals surface area contributed by atoms with Gasteiger partial charge in [-0.05, 0) is 24.3 Å². The minimum atomic E-state index is -1.55. The van der Waals surface area contributed by atoms with E-state index in [1.54, 1.807) is 0 Å². The summed E-state index contributed by atoms with van der Waals surface area (Å²) in [4.78, 5) is 58.2. The molecule has 0 unspecified atom stereocenters. The summed E-state index contributed by atoms with van der Waals surface area (Å²) in [5, 5.41) is 0. The monoisotopic (exact) mass is 438 g/mol. The van der Waals surface area contributed by atoms with E-state index in [-0.39, 0.29) is 5.75 Å². The average Bonchev–Trinajstić information content (AvgIpc) is 2.71. The Morgan fingerprint density at radius 3 is 1.84 bits per heavy atom. The Morgan fingerprint density at radius 2 is 1.35 bits per heavy atom. The van der Waals surface area contributed by atoms with Gasteiger partial charge in [0, 0.05) is 26.3 Å². The Kier molecular flexibility index (Phi) is 8.08. The molecule has 0 radical (unpaired) electrons. The van der Waals surface area contributed by atoms with Crippen molar-refractivity contribution in [3.63, 3.8) is 0 Å². The van der Waals surface area contributed by atoms with E-state index in [4.69, 9.17) is 28.4 Å². The van der Waals surface area contributed by atoms with Gasteiger partial charge >= 0.3 is 23.9 Å². The van der Waals surface area contributed by atoms with Gasteiger partial charge in [-0.25, -0.2) is 4.79 Å². The number of benzene rings is 1. The predicted octanol–water partition coefficient (Wildman–Crippen LogP) is 0.571. The Hall–Kier alpha value is -3.47. The predicted molar refractivity (Wildman–Crippen MR) is 99.8 cm³/mol. The van der Waals surface area contributed by atoms with Crippen molar-refractivity contribution in [1.82, 2.24) is 0 Å². The van der Waals surface area contributed by atoms with Crippen LogP contribution in [0.25, 0.3) is 0 Å². The molecule has 11 nitrogen and oxygen atoms in total. The molecule has 0 amide bonds. The second-order valence-corrected chi connectivity index (χ2v) is 6.48. The first kappa shape index (κ1) is 23.8. The lowest BCUT2D eigenvalue weighted by Crippen LogP contribution is -2.64. The molecule has 0 bridgehead atoms. The maximum atomic E-state index is 12.3. The van der Waals surface area contributed by atoms with Crippen LogP contribution in [-0.2, 0) is 42.9 Å². The summed E-state index contributed by atoms with van der Waals surface area (Å²) in [6.45, 7) is 3.28. The molecule has 11 heteroatoms. The van der Waals surface area contributed by atoms with Crippen LogP contribution in [-0.4, -0.2) is 68.0 Å². The molecule has 0 aliphatic carbocycles. The highest BCUT2D eigenvalue weighted by Crippen LogP contribution is 2.31. The summed E-state index contributed by atoms with van der Waals surface area (Å²) < 4.78 is 31.7. The number of hydrogen-bond donors (Lipinski definition) is 0. The molecular weight excluding hydrogens is 416 g/mol. The van der Waals surface area contributed by atoms with Crippen LogP contribution < -0.4 is 4.74 Å². The summed E-state index contributed by atoms with van der Waals surface area (Å²) in [5.74, 6) is -3.10. The lowest BCUT2D eigenvalue weighted by molar-refractivity contribution is -0.282. The number of methoxy groups -OCH3 is 1. The van der Waals surface area contributed by atoms with Crippen LogP contribution in [0.15, 0.2) is 24.3 Å². The zero-order chi connectivity index (χ0) is 23.1. The van der Waals surface area contributed by atoms with Crippen molar-refractivity contribution >= 4 is 30.2 Å². The first-order valence-corrected chi connectivity index (χ1v) is 9.13. The van der Waals surface area contributed by atoms with Crippen LogP contribution in [0.2, 0.25) is 0 Å². The Morgan fingerprint density at radius 1 is 0.839 bits per heavy atom. The van der Waals surface area contributed by atoms with Crippen molar-refractivity contribution < 1.29 is 52.4 Å². The summed E-state index contributed by atoms with van der Waals surface area (Å²) in [6.07, 6.45) is -6.69. The zero-order valence-corrected chi connectivity index (χ0v) is 17.3. The van der Waals surface area contributed by atoms with Crippen molar-refractivity contribution in [2.24, 2.45) is 0 Å². The number of hydrogen-bond acceptors (Lipinski definition) is 11. The molecule has 1 aromatic carbocycles. The molecule has 5 atom stereocenters. The van der Waals surface area contributed by atoms with Gasteiger partial charge in [-0.1, -0.05) is 0 Å². The molecule has 2 rings (SSSR count). The van der Waals surface area contributed by atoms with Crippen LogP contribution in [0.5, 0.6) is 5.75 Å². The first-order chi connectivity index (χ1) is 14.7. The van der Waals surface area contributed by atoms with E-state index < -0.39 is 54.6 Å². The van der Waals surface area contributed by atoms with Gasteiger partial charge in [0.1, 0.15) is 12.0 Å². The van der Waals surface area contributed by atoms with Gasteiger partial charge in [-0.15, -0.1) is 0 Å². The summed E-state index contributed by atoms with van der Waals surface area (Å²) >= 11 is 0. The zero-order valence-electron chi connectivity index (χ0n) is 17.3. The van der Waals surface area contributed by atoms with E-state index in [9.17, 15) is 24.0 Å². The second-order valence-electron chi connectivity index (χ2n) is 6.48. The maximum absolute atomic E-state index is 12.3. The lowest BCUT2D eigenvalue weighted by Gasteiger charge is -2.43. The molecule has 0 saturated carbocycles. The van der Waals surface area contributed by atoms with E-state index >= 15 is 0 Å². The number of rotatable bonds is 7. The third-order valence-electron chi connectivity index (χ3n) is 4.10. The van der Waals surface area contributed by atoms with Crippen molar-refractivity contribution in [2.45, 2.75) is 51.5 Å². The molecule has 31 heavy (non-hydrogen) atoms. The van der Waals surface area contributed by atoms with Gasteiger partial charge < -0.3 is 28.4 Å². The molecule has 0 N–H and O–H groups in total. The van der Waals surface area contributed by atoms with E-state index in [0.29, 0.717) is 11.8 Å². The Balaban J connectivity index is 2.47. The summed E-state index contributed by atoms with van der Waals surface area (Å²) in [6, 6.07) is 5.83. The fourth-order valence-electron chi connectivity index (χ4n) is 2.93. The molecule has 0 aromatic heterocycles. The third-order valence-corrected chi connectivity index (χ3v) is 4.10. The second kappa shape index (κ2) is 10.5. The highest BCUT2D eigenvalue weighted by molar-refractivity contribution is 5.77. The first-order valence-electron chi connectivity index (χ1n) is 9.13. The molecule has 1 aromatic rings. The number of carbonyl (C=O) groups excluding carboxylic acids is 5. The van der Waals surface area contributed by atoms with E-state index in [1.165, 1.54) is 24.3 Å². The topological polar surface area (TPSA) is 141 Å². The van der Waals surface area contributed by atoms with Crippen LogP contribution >= 0.6 is 0 Å². The highest BCUT2D eigenvalue weighted by atomic mass is 16.7. The quantitative estimate of drug-likeness (QED) is 0.335. The molecule has 1 aliphatic heterocycles. The van der Waals surface area contributed by atoms with E-state index in [0.717, 1.165) is 27.9 Å². The van der Waals surface area contributed by atoms with Gasteiger partial charge in [0.25, 0.3) is 0 Å². The largest absolute Gasteiger partial charge is 0.467 e. The fraction of sp³-hybridized carbons (Fsp3) is 0.450. The van der Waals surface area contributed by atoms with Crippen molar-refractivity contribution in [2.75, 3.05) is 7.11 Å². The van der Waals surface area contributed by atoms with Crippen LogP contribution in [0.1, 0.15) is 31.1 Å². The highest BCUT2D eigenvalue weighted by Gasteiger charge is 2.55. The fourth-order valence-corrected chi connectivity index (χ4v) is 2.93. The smallest absolute Gasteiger partial charge is 0.339 e. The van der Waals surface area contributed by atoms with Gasteiger partial charge in [-0.3, -0.25) is 19.2 Å². The molecule has 1 aliphatic rings. The number of aldehydes is 1. The maximum Gasteiger partial charge on any atom is 0.339 e. The van der Waals surface area contributed by atoms with Gasteiger partial charge in [0.05, 0.1) is 7.11 Å².